The third kappa shape index (κ3) is 6.91. The van der Waals surface area contributed by atoms with Gasteiger partial charge in [0.2, 0.25) is 0 Å². The van der Waals surface area contributed by atoms with Crippen LogP contribution in [0.3, 0.4) is 0 Å². The van der Waals surface area contributed by atoms with E-state index in [9.17, 15) is 34.6 Å². The van der Waals surface area contributed by atoms with E-state index in [2.05, 4.69) is 5.32 Å². The number of anilines is 4. The number of carbonyl (C=O) groups is 1. The van der Waals surface area contributed by atoms with Crippen LogP contribution in [0.15, 0.2) is 57.2 Å². The van der Waals surface area contributed by atoms with Gasteiger partial charge in [-0.1, -0.05) is 0 Å². The van der Waals surface area contributed by atoms with Crippen molar-refractivity contribution in [2.24, 2.45) is 5.73 Å². The van der Waals surface area contributed by atoms with Crippen molar-refractivity contribution in [3.63, 3.8) is 0 Å². The molecule has 0 radical (unpaired) electrons. The topological polar surface area (TPSA) is 296 Å². The number of nitrogens with two attached hydrogens (primary N) is 4. The highest BCUT2D eigenvalue weighted by Gasteiger charge is 2.23. The molecule has 2 amide bonds. The number of rotatable bonds is 4. The number of nitrogens with one attached hydrogen (secondary N) is 1. The maximum Gasteiger partial charge on any atom is 0.316 e. The smallest absolute Gasteiger partial charge is 0.316 e. The number of primary amides is 1. The van der Waals surface area contributed by atoms with Crippen LogP contribution in [0.4, 0.5) is 27.5 Å². The van der Waals surface area contributed by atoms with E-state index in [1.165, 1.54) is 0 Å². The van der Waals surface area contributed by atoms with E-state index in [0.717, 1.165) is 12.1 Å². The lowest BCUT2D eigenvalue weighted by atomic mass is 10.1. The number of fused-ring (bicyclic) bond motifs is 1. The average Bonchev–Trinajstić information content (AvgIpc) is 2.67. The van der Waals surface area contributed by atoms with Gasteiger partial charge in [0.05, 0.1) is 22.0 Å². The summed E-state index contributed by atoms with van der Waals surface area (Å²) >= 11 is 0. The molecular formula is C17H19N5O10S3. The minimum atomic E-state index is -4.92. The molecule has 3 rings (SSSR count). The second-order valence-electron chi connectivity index (χ2n) is 6.79. The summed E-state index contributed by atoms with van der Waals surface area (Å²) in [5.41, 5.74) is 22.2. The van der Waals surface area contributed by atoms with Gasteiger partial charge < -0.3 is 28.3 Å². The Morgan fingerprint density at radius 1 is 0.714 bits per heavy atom. The van der Waals surface area contributed by atoms with Crippen LogP contribution >= 0.6 is 0 Å². The second kappa shape index (κ2) is 9.52. The van der Waals surface area contributed by atoms with E-state index in [0.29, 0.717) is 29.2 Å². The molecule has 0 aliphatic carbocycles. The lowest BCUT2D eigenvalue weighted by Crippen LogP contribution is -2.20. The first-order valence-electron chi connectivity index (χ1n) is 8.82. The van der Waals surface area contributed by atoms with Gasteiger partial charge in [-0.3, -0.25) is 13.7 Å². The third-order valence-corrected chi connectivity index (χ3v) is 6.84. The van der Waals surface area contributed by atoms with Crippen molar-refractivity contribution >= 4 is 69.9 Å². The summed E-state index contributed by atoms with van der Waals surface area (Å²) in [7, 11) is -14.5. The van der Waals surface area contributed by atoms with Crippen molar-refractivity contribution < 1.29 is 43.7 Å². The number of amides is 2. The van der Waals surface area contributed by atoms with E-state index >= 15 is 0 Å². The lowest BCUT2D eigenvalue weighted by Gasteiger charge is -2.10. The monoisotopic (exact) mass is 549 g/mol. The van der Waals surface area contributed by atoms with Crippen molar-refractivity contribution in [1.82, 2.24) is 0 Å². The molecule has 35 heavy (non-hydrogen) atoms. The van der Waals surface area contributed by atoms with E-state index in [1.54, 1.807) is 18.2 Å². The minimum absolute atomic E-state index is 0.301. The van der Waals surface area contributed by atoms with Crippen molar-refractivity contribution in [2.75, 3.05) is 22.5 Å². The van der Waals surface area contributed by atoms with Crippen molar-refractivity contribution in [3.05, 3.63) is 42.5 Å². The van der Waals surface area contributed by atoms with Crippen molar-refractivity contribution in [2.45, 2.75) is 14.7 Å². The normalized spacial score (nSPS) is 12.0. The van der Waals surface area contributed by atoms with Crippen LogP contribution in [0.1, 0.15) is 0 Å². The van der Waals surface area contributed by atoms with E-state index in [4.69, 9.17) is 32.0 Å². The zero-order valence-electron chi connectivity index (χ0n) is 17.3. The van der Waals surface area contributed by atoms with Gasteiger partial charge in [-0.2, -0.15) is 25.3 Å². The Bertz CT molecular complexity index is 1650. The van der Waals surface area contributed by atoms with Gasteiger partial charge in [0, 0.05) is 11.1 Å². The van der Waals surface area contributed by atoms with Gasteiger partial charge in [-0.25, -0.2) is 4.79 Å². The van der Waals surface area contributed by atoms with E-state index < -0.39 is 56.8 Å². The van der Waals surface area contributed by atoms with E-state index in [-0.39, 0.29) is 10.8 Å². The molecule has 0 atom stereocenters. The molecule has 3 aromatic rings. The van der Waals surface area contributed by atoms with Crippen LogP contribution < -0.4 is 28.3 Å². The Kier molecular flexibility index (Phi) is 7.50. The van der Waals surface area contributed by atoms with Crippen LogP contribution in [-0.4, -0.2) is 44.9 Å². The summed E-state index contributed by atoms with van der Waals surface area (Å²) in [5.74, 6) is 0. The molecule has 12 N–H and O–H groups in total. The zero-order valence-corrected chi connectivity index (χ0v) is 19.7. The molecule has 18 heteroatoms. The van der Waals surface area contributed by atoms with Crippen LogP contribution in [0, 0.1) is 0 Å². The predicted molar refractivity (Wildman–Crippen MR) is 126 cm³/mol. The SMILES string of the molecule is NC(=O)Nc1cc(N)ccc1N.Nc1cc2c(S(=O)(=O)O)cc(S(=O)(=O)O)cc2cc1S(=O)(=O)O. The Hall–Kier alpha value is -3.68. The summed E-state index contributed by atoms with van der Waals surface area (Å²) in [4.78, 5) is 7.85. The largest absolute Gasteiger partial charge is 0.399 e. The fourth-order valence-electron chi connectivity index (χ4n) is 2.75. The number of benzene rings is 3. The standard InChI is InChI=1S/C10H9NO9S3.C7H10N4O/c11-8-4-7-5(2-10(8)23(18,19)20)1-6(21(12,13)14)3-9(7)22(15,16)17;8-4-1-2-5(9)6(3-4)11-7(10)12/h1-4H,11H2,(H,12,13,14)(H,15,16,17)(H,18,19,20);1-3H,8-9H2,(H3,10,11,12). The van der Waals surface area contributed by atoms with Gasteiger partial charge in [0.25, 0.3) is 30.4 Å². The Balaban J connectivity index is 0.000000303. The van der Waals surface area contributed by atoms with Gasteiger partial charge in [-0.05, 0) is 47.9 Å². The minimum Gasteiger partial charge on any atom is -0.399 e. The molecule has 0 bridgehead atoms. The Morgan fingerprint density at radius 2 is 1.29 bits per heavy atom. The number of carbonyl (C=O) groups excluding carboxylic acids is 1. The summed E-state index contributed by atoms with van der Waals surface area (Å²) in [6.07, 6.45) is 0. The molecule has 3 aromatic carbocycles. The first kappa shape index (κ1) is 27.6. The molecule has 0 saturated heterocycles. The highest BCUT2D eigenvalue weighted by Crippen LogP contribution is 2.32. The summed E-state index contributed by atoms with van der Waals surface area (Å²) < 4.78 is 94.8. The lowest BCUT2D eigenvalue weighted by molar-refractivity contribution is 0.259. The van der Waals surface area contributed by atoms with Gasteiger partial charge in [0.15, 0.2) is 0 Å². The maximum absolute atomic E-state index is 11.4. The first-order valence-corrected chi connectivity index (χ1v) is 13.1. The number of hydrogen-bond donors (Lipinski definition) is 8. The maximum atomic E-state index is 11.4. The molecule has 0 heterocycles. The van der Waals surface area contributed by atoms with Gasteiger partial charge in [-0.15, -0.1) is 0 Å². The summed E-state index contributed by atoms with van der Waals surface area (Å²) in [6.45, 7) is 0. The molecule has 0 fully saturated rings. The van der Waals surface area contributed by atoms with Crippen LogP contribution in [0.25, 0.3) is 10.8 Å². The molecule has 190 valence electrons. The fraction of sp³-hybridized carbons (Fsp3) is 0. The molecule has 15 nitrogen and oxygen atoms in total. The summed E-state index contributed by atoms with van der Waals surface area (Å²) in [5, 5.41) is 1.74. The highest BCUT2D eigenvalue weighted by molar-refractivity contribution is 7.87. The van der Waals surface area contributed by atoms with Crippen molar-refractivity contribution in [3.8, 4) is 0 Å². The molecule has 0 spiro atoms. The molecule has 0 unspecified atom stereocenters. The van der Waals surface area contributed by atoms with E-state index in [1.807, 2.05) is 0 Å². The Labute approximate surface area is 198 Å². The molecule has 0 aliphatic heterocycles. The van der Waals surface area contributed by atoms with Gasteiger partial charge >= 0.3 is 6.03 Å². The summed E-state index contributed by atoms with van der Waals surface area (Å²) in [6, 6.07) is 6.90. The van der Waals surface area contributed by atoms with Crippen molar-refractivity contribution in [1.29, 1.82) is 0 Å². The zero-order chi connectivity index (χ0) is 26.9. The third-order valence-electron chi connectivity index (χ3n) is 4.21. The number of nitrogen functional groups attached to an aromatic ring is 3. The van der Waals surface area contributed by atoms with Gasteiger partial charge in [0.1, 0.15) is 9.79 Å². The number of urea groups is 1. The molecule has 0 saturated carbocycles. The number of hydrogen-bond acceptors (Lipinski definition) is 10. The van der Waals surface area contributed by atoms with Crippen LogP contribution in [-0.2, 0) is 30.4 Å². The predicted octanol–water partition coefficient (Wildman–Crippen LogP) is 0.504. The fourth-order valence-corrected chi connectivity index (χ4v) is 4.73. The molecular weight excluding hydrogens is 530 g/mol. The Morgan fingerprint density at radius 3 is 1.77 bits per heavy atom. The first-order chi connectivity index (χ1) is 15.8. The quantitative estimate of drug-likeness (QED) is 0.163. The highest BCUT2D eigenvalue weighted by atomic mass is 32.2. The average molecular weight is 550 g/mol. The molecule has 0 aromatic heterocycles. The second-order valence-corrected chi connectivity index (χ2v) is 11.0. The molecule has 0 aliphatic rings. The van der Waals surface area contributed by atoms with Crippen LogP contribution in [0.2, 0.25) is 0 Å². The van der Waals surface area contributed by atoms with Crippen LogP contribution in [0.5, 0.6) is 0 Å².